The van der Waals surface area contributed by atoms with Gasteiger partial charge in [0.05, 0.1) is 0 Å². The highest BCUT2D eigenvalue weighted by Crippen LogP contribution is 2.19. The molecule has 5 heteroatoms. The first-order valence-corrected chi connectivity index (χ1v) is 7.08. The Morgan fingerprint density at radius 3 is 2.33 bits per heavy atom. The number of carbonyl (C=O) groups is 1. The van der Waals surface area contributed by atoms with Gasteiger partial charge in [-0.15, -0.1) is 0 Å². The second-order valence-corrected chi connectivity index (χ2v) is 6.62. The van der Waals surface area contributed by atoms with E-state index in [1.807, 2.05) is 37.3 Å². The van der Waals surface area contributed by atoms with Crippen molar-refractivity contribution in [3.8, 4) is 0 Å². The quantitative estimate of drug-likeness (QED) is 0.727. The molecule has 1 unspecified atom stereocenters. The van der Waals surface area contributed by atoms with E-state index in [0.717, 1.165) is 5.56 Å². The number of ether oxygens (including phenoxy) is 1. The molecular formula is C16H26N2O3. The highest BCUT2D eigenvalue weighted by molar-refractivity contribution is 5.68. The van der Waals surface area contributed by atoms with Crippen molar-refractivity contribution >= 4 is 6.09 Å². The van der Waals surface area contributed by atoms with Crippen molar-refractivity contribution < 1.29 is 14.6 Å². The summed E-state index contributed by atoms with van der Waals surface area (Å²) in [5.41, 5.74) is 5.30. The average molecular weight is 294 g/mol. The Labute approximate surface area is 126 Å². The van der Waals surface area contributed by atoms with E-state index in [9.17, 15) is 9.90 Å². The number of nitrogens with one attached hydrogen (secondary N) is 1. The lowest BCUT2D eigenvalue weighted by Crippen LogP contribution is -2.52. The number of nitrogens with two attached hydrogens (primary N) is 1. The Balaban J connectivity index is 2.81. The minimum atomic E-state index is -1.01. The Hall–Kier alpha value is -1.59. The van der Waals surface area contributed by atoms with Gasteiger partial charge in [-0.25, -0.2) is 4.79 Å². The molecular weight excluding hydrogens is 268 g/mol. The highest BCUT2D eigenvalue weighted by atomic mass is 16.6. The number of amides is 1. The molecule has 0 fully saturated rings. The van der Waals surface area contributed by atoms with Crippen LogP contribution < -0.4 is 11.1 Å². The smallest absolute Gasteiger partial charge is 0.408 e. The minimum Gasteiger partial charge on any atom is -0.444 e. The lowest BCUT2D eigenvalue weighted by Gasteiger charge is -2.33. The molecule has 21 heavy (non-hydrogen) atoms. The third kappa shape index (κ3) is 7.11. The monoisotopic (exact) mass is 294 g/mol. The van der Waals surface area contributed by atoms with E-state index in [4.69, 9.17) is 10.5 Å². The van der Waals surface area contributed by atoms with Crippen molar-refractivity contribution in [1.29, 1.82) is 0 Å². The molecule has 0 aromatic heterocycles. The van der Waals surface area contributed by atoms with Crippen LogP contribution in [0.4, 0.5) is 4.79 Å². The molecule has 1 aromatic rings. The number of benzene rings is 1. The molecule has 0 bridgehead atoms. The summed E-state index contributed by atoms with van der Waals surface area (Å²) >= 11 is 0. The topological polar surface area (TPSA) is 84.6 Å². The van der Waals surface area contributed by atoms with Gasteiger partial charge in [-0.2, -0.15) is 0 Å². The normalized spacial score (nSPS) is 15.9. The summed E-state index contributed by atoms with van der Waals surface area (Å²) in [6.07, 6.45) is -0.724. The average Bonchev–Trinajstić information content (AvgIpc) is 2.24. The number of aliphatic hydroxyl groups excluding tert-OH is 1. The molecule has 1 aromatic carbocycles. The predicted molar refractivity (Wildman–Crippen MR) is 82.7 cm³/mol. The van der Waals surface area contributed by atoms with Crippen molar-refractivity contribution in [1.82, 2.24) is 5.32 Å². The van der Waals surface area contributed by atoms with Gasteiger partial charge in [0.1, 0.15) is 11.8 Å². The largest absolute Gasteiger partial charge is 0.444 e. The minimum absolute atomic E-state index is 0.237. The molecule has 0 spiro atoms. The molecule has 0 aliphatic heterocycles. The fourth-order valence-corrected chi connectivity index (χ4v) is 2.23. The summed E-state index contributed by atoms with van der Waals surface area (Å²) in [6, 6.07) is 9.74. The van der Waals surface area contributed by atoms with Crippen LogP contribution in [0.5, 0.6) is 0 Å². The summed E-state index contributed by atoms with van der Waals surface area (Å²) in [6.45, 7) is 7.26. The van der Waals surface area contributed by atoms with Crippen LogP contribution in [0.15, 0.2) is 30.3 Å². The molecule has 4 N–H and O–H groups in total. The van der Waals surface area contributed by atoms with Crippen molar-refractivity contribution in [2.75, 3.05) is 0 Å². The number of alkyl carbamates (subject to hydrolysis) is 1. The fourth-order valence-electron chi connectivity index (χ4n) is 2.23. The Kier molecular flexibility index (Phi) is 5.75. The zero-order valence-electron chi connectivity index (χ0n) is 13.2. The first kappa shape index (κ1) is 17.5. The number of aliphatic hydroxyl groups is 1. The molecule has 2 atom stereocenters. The van der Waals surface area contributed by atoms with Gasteiger partial charge in [0.15, 0.2) is 0 Å². The second-order valence-electron chi connectivity index (χ2n) is 6.62. The van der Waals surface area contributed by atoms with Gasteiger partial charge in [-0.05, 0) is 39.7 Å². The van der Waals surface area contributed by atoms with Crippen LogP contribution in [0.25, 0.3) is 0 Å². The van der Waals surface area contributed by atoms with E-state index in [0.29, 0.717) is 6.42 Å². The summed E-state index contributed by atoms with van der Waals surface area (Å²) < 4.78 is 5.28. The van der Waals surface area contributed by atoms with Gasteiger partial charge < -0.3 is 20.9 Å². The third-order valence-electron chi connectivity index (χ3n) is 2.90. The van der Waals surface area contributed by atoms with Crippen LogP contribution in [-0.4, -0.2) is 28.6 Å². The van der Waals surface area contributed by atoms with E-state index >= 15 is 0 Å². The van der Waals surface area contributed by atoms with E-state index in [1.165, 1.54) is 0 Å². The maximum atomic E-state index is 12.0. The van der Waals surface area contributed by atoms with Crippen LogP contribution >= 0.6 is 0 Å². The van der Waals surface area contributed by atoms with Crippen LogP contribution in [0.1, 0.15) is 39.7 Å². The number of carbonyl (C=O) groups excluding carboxylic acids is 1. The van der Waals surface area contributed by atoms with Crippen molar-refractivity contribution in [3.63, 3.8) is 0 Å². The molecule has 1 amide bonds. The van der Waals surface area contributed by atoms with Crippen molar-refractivity contribution in [2.45, 2.75) is 57.9 Å². The summed E-state index contributed by atoms with van der Waals surface area (Å²) in [5.74, 6) is 0. The Morgan fingerprint density at radius 1 is 1.29 bits per heavy atom. The van der Waals surface area contributed by atoms with Gasteiger partial charge in [-0.1, -0.05) is 30.3 Å². The van der Waals surface area contributed by atoms with Crippen LogP contribution in [0, 0.1) is 0 Å². The molecule has 1 rings (SSSR count). The summed E-state index contributed by atoms with van der Waals surface area (Å²) in [5, 5.41) is 12.3. The first-order valence-electron chi connectivity index (χ1n) is 7.08. The Morgan fingerprint density at radius 2 is 1.86 bits per heavy atom. The number of rotatable bonds is 5. The molecule has 118 valence electrons. The zero-order valence-corrected chi connectivity index (χ0v) is 13.2. The maximum absolute atomic E-state index is 12.0. The summed E-state index contributed by atoms with van der Waals surface area (Å²) in [7, 11) is 0. The van der Waals surface area contributed by atoms with Gasteiger partial charge in [0.25, 0.3) is 0 Å². The van der Waals surface area contributed by atoms with Crippen molar-refractivity contribution in [2.24, 2.45) is 5.73 Å². The van der Waals surface area contributed by atoms with Crippen LogP contribution in [0.3, 0.4) is 0 Å². The van der Waals surface area contributed by atoms with Gasteiger partial charge in [-0.3, -0.25) is 0 Å². The van der Waals surface area contributed by atoms with Crippen molar-refractivity contribution in [3.05, 3.63) is 35.9 Å². The fraction of sp³-hybridized carbons (Fsp3) is 0.562. The molecule has 0 radical (unpaired) electrons. The molecule has 0 aliphatic carbocycles. The summed E-state index contributed by atoms with van der Waals surface area (Å²) in [4.78, 5) is 12.0. The molecule has 5 nitrogen and oxygen atoms in total. The van der Waals surface area contributed by atoms with E-state index in [1.54, 1.807) is 20.8 Å². The van der Waals surface area contributed by atoms with Gasteiger partial charge in [0.2, 0.25) is 0 Å². The maximum Gasteiger partial charge on any atom is 0.408 e. The Bertz CT molecular complexity index is 454. The van der Waals surface area contributed by atoms with E-state index in [-0.39, 0.29) is 6.42 Å². The third-order valence-corrected chi connectivity index (χ3v) is 2.90. The predicted octanol–water partition coefficient (Wildman–Crippen LogP) is 2.18. The molecule has 0 saturated carbocycles. The number of hydrogen-bond acceptors (Lipinski definition) is 4. The lowest BCUT2D eigenvalue weighted by atomic mass is 9.89. The second kappa shape index (κ2) is 6.91. The van der Waals surface area contributed by atoms with Gasteiger partial charge in [0, 0.05) is 12.0 Å². The SMILES string of the molecule is CC(Cc1ccccc1)(C[C@H](N)O)NC(=O)OC(C)(C)C. The van der Waals surface area contributed by atoms with E-state index < -0.39 is 23.5 Å². The van der Waals surface area contributed by atoms with Crippen LogP contribution in [-0.2, 0) is 11.2 Å². The zero-order chi connectivity index (χ0) is 16.1. The standard InChI is InChI=1S/C16H26N2O3/c1-15(2,3)21-14(20)18-16(4,11-13(17)19)10-12-8-6-5-7-9-12/h5-9,13,19H,10-11,17H2,1-4H3,(H,18,20)/t13-,16?/m1/s1. The molecule has 0 heterocycles. The molecule has 0 aliphatic rings. The van der Waals surface area contributed by atoms with E-state index in [2.05, 4.69) is 5.32 Å². The lowest BCUT2D eigenvalue weighted by molar-refractivity contribution is 0.0419. The number of hydrogen-bond donors (Lipinski definition) is 3. The van der Waals surface area contributed by atoms with Crippen LogP contribution in [0.2, 0.25) is 0 Å². The van der Waals surface area contributed by atoms with Gasteiger partial charge >= 0.3 is 6.09 Å². The molecule has 0 saturated heterocycles. The first-order chi connectivity index (χ1) is 9.60. The highest BCUT2D eigenvalue weighted by Gasteiger charge is 2.30.